The Morgan fingerprint density at radius 1 is 1.67 bits per heavy atom. The third-order valence-corrected chi connectivity index (χ3v) is 4.53. The number of nitrogens with one attached hydrogen (secondary N) is 1. The SMILES string of the molecule is Cc1cc(C2CCCN2)sc1Br. The molecule has 1 N–H and O–H groups in total. The van der Waals surface area contributed by atoms with E-state index in [-0.39, 0.29) is 0 Å². The number of rotatable bonds is 1. The molecule has 0 radical (unpaired) electrons. The molecule has 0 aliphatic carbocycles. The van der Waals surface area contributed by atoms with E-state index in [2.05, 4.69) is 34.2 Å². The molecule has 3 heteroatoms. The van der Waals surface area contributed by atoms with E-state index in [9.17, 15) is 0 Å². The summed E-state index contributed by atoms with van der Waals surface area (Å²) < 4.78 is 1.28. The van der Waals surface area contributed by atoms with Gasteiger partial charge >= 0.3 is 0 Å². The second-order valence-corrected chi connectivity index (χ2v) is 5.66. The fraction of sp³-hybridized carbons (Fsp3) is 0.556. The highest BCUT2D eigenvalue weighted by molar-refractivity contribution is 9.11. The smallest absolute Gasteiger partial charge is 0.0731 e. The summed E-state index contributed by atoms with van der Waals surface area (Å²) >= 11 is 5.42. The van der Waals surface area contributed by atoms with Gasteiger partial charge in [-0.25, -0.2) is 0 Å². The van der Waals surface area contributed by atoms with Gasteiger partial charge in [-0.2, -0.15) is 0 Å². The van der Waals surface area contributed by atoms with Crippen LogP contribution in [0, 0.1) is 6.92 Å². The van der Waals surface area contributed by atoms with E-state index >= 15 is 0 Å². The molecule has 1 aromatic heterocycles. The van der Waals surface area contributed by atoms with Crippen LogP contribution in [0.25, 0.3) is 0 Å². The molecular weight excluding hydrogens is 234 g/mol. The van der Waals surface area contributed by atoms with E-state index in [0.717, 1.165) is 0 Å². The molecule has 0 saturated carbocycles. The molecule has 1 saturated heterocycles. The summed E-state index contributed by atoms with van der Waals surface area (Å²) in [7, 11) is 0. The Morgan fingerprint density at radius 3 is 3.00 bits per heavy atom. The van der Waals surface area contributed by atoms with E-state index in [1.807, 2.05) is 11.3 Å². The third kappa shape index (κ3) is 1.58. The molecule has 1 unspecified atom stereocenters. The zero-order valence-electron chi connectivity index (χ0n) is 7.06. The molecule has 2 rings (SSSR count). The molecule has 1 aliphatic heterocycles. The largest absolute Gasteiger partial charge is 0.309 e. The minimum Gasteiger partial charge on any atom is -0.309 e. The zero-order chi connectivity index (χ0) is 8.55. The summed E-state index contributed by atoms with van der Waals surface area (Å²) in [6, 6.07) is 2.91. The molecule has 2 heterocycles. The van der Waals surface area contributed by atoms with Crippen molar-refractivity contribution in [1.82, 2.24) is 5.32 Å². The van der Waals surface area contributed by atoms with Crippen molar-refractivity contribution < 1.29 is 0 Å². The van der Waals surface area contributed by atoms with E-state index in [4.69, 9.17) is 0 Å². The van der Waals surface area contributed by atoms with Crippen LogP contribution in [0.5, 0.6) is 0 Å². The highest BCUT2D eigenvalue weighted by Gasteiger charge is 2.18. The molecular formula is C9H12BrNS. The van der Waals surface area contributed by atoms with Crippen LogP contribution in [-0.4, -0.2) is 6.54 Å². The molecule has 0 bridgehead atoms. The van der Waals surface area contributed by atoms with E-state index in [1.54, 1.807) is 0 Å². The number of thiophene rings is 1. The summed E-state index contributed by atoms with van der Waals surface area (Å²) in [5, 5.41) is 3.50. The predicted molar refractivity (Wildman–Crippen MR) is 56.7 cm³/mol. The van der Waals surface area contributed by atoms with Gasteiger partial charge in [0.25, 0.3) is 0 Å². The Morgan fingerprint density at radius 2 is 2.50 bits per heavy atom. The lowest BCUT2D eigenvalue weighted by Gasteiger charge is -2.05. The van der Waals surface area contributed by atoms with Gasteiger partial charge in [-0.1, -0.05) is 0 Å². The summed E-state index contributed by atoms with van der Waals surface area (Å²) in [6.45, 7) is 3.33. The van der Waals surface area contributed by atoms with Gasteiger partial charge in [0.05, 0.1) is 3.79 Å². The first kappa shape index (κ1) is 8.73. The highest BCUT2D eigenvalue weighted by atomic mass is 79.9. The number of hydrogen-bond acceptors (Lipinski definition) is 2. The van der Waals surface area contributed by atoms with Crippen LogP contribution in [0.1, 0.15) is 29.3 Å². The van der Waals surface area contributed by atoms with Crippen LogP contribution >= 0.6 is 27.3 Å². The van der Waals surface area contributed by atoms with Gasteiger partial charge in [0.2, 0.25) is 0 Å². The molecule has 1 atom stereocenters. The Balaban J connectivity index is 2.21. The second-order valence-electron chi connectivity index (χ2n) is 3.25. The van der Waals surface area contributed by atoms with Gasteiger partial charge in [-0.15, -0.1) is 11.3 Å². The summed E-state index contributed by atoms with van der Waals surface area (Å²) in [6.07, 6.45) is 2.62. The number of halogens is 1. The lowest BCUT2D eigenvalue weighted by Crippen LogP contribution is -2.11. The molecule has 0 spiro atoms. The molecule has 1 aliphatic rings. The quantitative estimate of drug-likeness (QED) is 0.802. The molecule has 12 heavy (non-hydrogen) atoms. The summed E-state index contributed by atoms with van der Waals surface area (Å²) in [5.74, 6) is 0. The van der Waals surface area contributed by atoms with E-state index in [1.165, 1.54) is 33.6 Å². The molecule has 1 fully saturated rings. The maximum absolute atomic E-state index is 3.55. The monoisotopic (exact) mass is 245 g/mol. The van der Waals surface area contributed by atoms with Crippen LogP contribution in [0.15, 0.2) is 9.85 Å². The van der Waals surface area contributed by atoms with Crippen molar-refractivity contribution in [3.63, 3.8) is 0 Å². The topological polar surface area (TPSA) is 12.0 Å². The van der Waals surface area contributed by atoms with Crippen molar-refractivity contribution in [2.75, 3.05) is 6.54 Å². The molecule has 66 valence electrons. The lowest BCUT2D eigenvalue weighted by molar-refractivity contribution is 0.659. The average molecular weight is 246 g/mol. The van der Waals surface area contributed by atoms with Gasteiger partial charge in [0.1, 0.15) is 0 Å². The van der Waals surface area contributed by atoms with Gasteiger partial charge < -0.3 is 5.32 Å². The van der Waals surface area contributed by atoms with Crippen molar-refractivity contribution in [3.05, 3.63) is 20.3 Å². The van der Waals surface area contributed by atoms with Gasteiger partial charge in [-0.05, 0) is 53.9 Å². The number of aryl methyl sites for hydroxylation is 1. The first-order chi connectivity index (χ1) is 5.77. The Kier molecular flexibility index (Phi) is 2.53. The Hall–Kier alpha value is 0.140. The van der Waals surface area contributed by atoms with Crippen molar-refractivity contribution in [3.8, 4) is 0 Å². The fourth-order valence-corrected chi connectivity index (χ4v) is 3.26. The standard InChI is InChI=1S/C9H12BrNS/c1-6-5-8(12-9(6)10)7-3-2-4-11-7/h5,7,11H,2-4H2,1H3. The molecule has 1 aromatic rings. The second kappa shape index (κ2) is 3.48. The van der Waals surface area contributed by atoms with Crippen LogP contribution in [0.2, 0.25) is 0 Å². The Labute approximate surface area is 85.3 Å². The van der Waals surface area contributed by atoms with E-state index < -0.39 is 0 Å². The van der Waals surface area contributed by atoms with Crippen molar-refractivity contribution in [2.45, 2.75) is 25.8 Å². The molecule has 1 nitrogen and oxygen atoms in total. The minimum atomic E-state index is 0.625. The lowest BCUT2D eigenvalue weighted by atomic mass is 10.2. The first-order valence-electron chi connectivity index (χ1n) is 4.26. The molecule has 0 aromatic carbocycles. The van der Waals surface area contributed by atoms with Gasteiger partial charge in [0, 0.05) is 10.9 Å². The van der Waals surface area contributed by atoms with Gasteiger partial charge in [-0.3, -0.25) is 0 Å². The van der Waals surface area contributed by atoms with Crippen molar-refractivity contribution in [2.24, 2.45) is 0 Å². The average Bonchev–Trinajstić information content (AvgIpc) is 2.61. The van der Waals surface area contributed by atoms with Crippen molar-refractivity contribution >= 4 is 27.3 Å². The van der Waals surface area contributed by atoms with Crippen LogP contribution < -0.4 is 5.32 Å². The van der Waals surface area contributed by atoms with Gasteiger partial charge in [0.15, 0.2) is 0 Å². The van der Waals surface area contributed by atoms with Crippen LogP contribution in [-0.2, 0) is 0 Å². The first-order valence-corrected chi connectivity index (χ1v) is 5.87. The van der Waals surface area contributed by atoms with Crippen LogP contribution in [0.3, 0.4) is 0 Å². The Bertz CT molecular complexity index is 257. The predicted octanol–water partition coefficient (Wildman–Crippen LogP) is 3.24. The highest BCUT2D eigenvalue weighted by Crippen LogP contribution is 2.34. The summed E-state index contributed by atoms with van der Waals surface area (Å²) in [5.41, 5.74) is 1.36. The maximum atomic E-state index is 3.55. The third-order valence-electron chi connectivity index (χ3n) is 2.28. The normalized spacial score (nSPS) is 23.3. The fourth-order valence-electron chi connectivity index (χ4n) is 1.58. The zero-order valence-corrected chi connectivity index (χ0v) is 9.46. The maximum Gasteiger partial charge on any atom is 0.0731 e. The number of hydrogen-bond donors (Lipinski definition) is 1. The summed E-state index contributed by atoms with van der Waals surface area (Å²) in [4.78, 5) is 1.48. The minimum absolute atomic E-state index is 0.625. The van der Waals surface area contributed by atoms with Crippen molar-refractivity contribution in [1.29, 1.82) is 0 Å². The molecule has 0 amide bonds. The van der Waals surface area contributed by atoms with Crippen LogP contribution in [0.4, 0.5) is 0 Å². The van der Waals surface area contributed by atoms with E-state index in [0.29, 0.717) is 6.04 Å².